The van der Waals surface area contributed by atoms with Gasteiger partial charge in [0.2, 0.25) is 5.91 Å². The molecule has 1 heterocycles. The summed E-state index contributed by atoms with van der Waals surface area (Å²) in [6, 6.07) is 10.4. The standard InChI is InChI=1S/C19H30N2O2/c1-19(2,3)18(22)20-11-7-8-12-21-13-14-23-17(15-21)16-9-5-4-6-10-16/h4-6,9-10,17H,7-8,11-15H2,1-3H3,(H,20,22). The lowest BCUT2D eigenvalue weighted by molar-refractivity contribution is -0.128. The molecule has 0 spiro atoms. The van der Waals surface area contributed by atoms with E-state index in [2.05, 4.69) is 34.5 Å². The number of unbranched alkanes of at least 4 members (excludes halogenated alkanes) is 1. The SMILES string of the molecule is CC(C)(C)C(=O)NCCCCN1CCOC(c2ccccc2)C1. The Morgan fingerprint density at radius 1 is 1.26 bits per heavy atom. The Morgan fingerprint density at radius 3 is 2.70 bits per heavy atom. The first-order valence-electron chi connectivity index (χ1n) is 8.64. The molecule has 1 fully saturated rings. The molecule has 4 nitrogen and oxygen atoms in total. The molecule has 1 amide bonds. The van der Waals surface area contributed by atoms with Gasteiger partial charge in [-0.15, -0.1) is 0 Å². The van der Waals surface area contributed by atoms with Crippen molar-refractivity contribution in [3.05, 3.63) is 35.9 Å². The molecule has 1 atom stereocenters. The van der Waals surface area contributed by atoms with Crippen LogP contribution in [0.25, 0.3) is 0 Å². The van der Waals surface area contributed by atoms with E-state index in [1.54, 1.807) is 0 Å². The molecule has 0 aliphatic carbocycles. The van der Waals surface area contributed by atoms with E-state index in [1.165, 1.54) is 5.56 Å². The largest absolute Gasteiger partial charge is 0.371 e. The topological polar surface area (TPSA) is 41.6 Å². The number of nitrogens with zero attached hydrogens (tertiary/aromatic N) is 1. The molecule has 0 aromatic heterocycles. The van der Waals surface area contributed by atoms with Crippen LogP contribution in [0.3, 0.4) is 0 Å². The van der Waals surface area contributed by atoms with E-state index in [1.807, 2.05) is 26.8 Å². The van der Waals surface area contributed by atoms with Crippen LogP contribution < -0.4 is 5.32 Å². The van der Waals surface area contributed by atoms with Gasteiger partial charge in [-0.3, -0.25) is 9.69 Å². The number of benzene rings is 1. The second-order valence-electron chi connectivity index (χ2n) is 7.28. The van der Waals surface area contributed by atoms with Crippen LogP contribution in [0.5, 0.6) is 0 Å². The predicted octanol–water partition coefficient (Wildman–Crippen LogP) is 3.00. The van der Waals surface area contributed by atoms with E-state index >= 15 is 0 Å². The monoisotopic (exact) mass is 318 g/mol. The van der Waals surface area contributed by atoms with Crippen molar-refractivity contribution in [3.8, 4) is 0 Å². The smallest absolute Gasteiger partial charge is 0.225 e. The zero-order valence-electron chi connectivity index (χ0n) is 14.7. The average Bonchev–Trinajstić information content (AvgIpc) is 2.54. The molecular weight excluding hydrogens is 288 g/mol. The fraction of sp³-hybridized carbons (Fsp3) is 0.632. The van der Waals surface area contributed by atoms with Gasteiger partial charge in [0.05, 0.1) is 12.7 Å². The van der Waals surface area contributed by atoms with Gasteiger partial charge in [-0.2, -0.15) is 0 Å². The van der Waals surface area contributed by atoms with Gasteiger partial charge in [-0.05, 0) is 24.9 Å². The maximum atomic E-state index is 11.8. The number of hydrogen-bond donors (Lipinski definition) is 1. The van der Waals surface area contributed by atoms with Gasteiger partial charge in [0.15, 0.2) is 0 Å². The van der Waals surface area contributed by atoms with Crippen LogP contribution in [0, 0.1) is 5.41 Å². The van der Waals surface area contributed by atoms with Gasteiger partial charge in [0.1, 0.15) is 0 Å². The van der Waals surface area contributed by atoms with Gasteiger partial charge in [-0.1, -0.05) is 51.1 Å². The van der Waals surface area contributed by atoms with Gasteiger partial charge in [0, 0.05) is 25.0 Å². The van der Waals surface area contributed by atoms with Crippen molar-refractivity contribution in [1.82, 2.24) is 10.2 Å². The van der Waals surface area contributed by atoms with Crippen molar-refractivity contribution in [1.29, 1.82) is 0 Å². The third kappa shape index (κ3) is 5.96. The lowest BCUT2D eigenvalue weighted by Crippen LogP contribution is -2.39. The number of amides is 1. The Bertz CT molecular complexity index is 482. The molecule has 1 aromatic carbocycles. The molecule has 128 valence electrons. The maximum absolute atomic E-state index is 11.8. The Balaban J connectivity index is 1.65. The summed E-state index contributed by atoms with van der Waals surface area (Å²) in [5.74, 6) is 0.132. The summed E-state index contributed by atoms with van der Waals surface area (Å²) in [6.45, 7) is 10.4. The number of rotatable bonds is 6. The van der Waals surface area contributed by atoms with Crippen LogP contribution in [-0.4, -0.2) is 43.6 Å². The minimum Gasteiger partial charge on any atom is -0.371 e. The van der Waals surface area contributed by atoms with Crippen molar-refractivity contribution in [2.45, 2.75) is 39.7 Å². The average molecular weight is 318 g/mol. The quantitative estimate of drug-likeness (QED) is 0.820. The molecule has 23 heavy (non-hydrogen) atoms. The third-order valence-corrected chi connectivity index (χ3v) is 4.19. The molecule has 1 N–H and O–H groups in total. The first-order valence-corrected chi connectivity index (χ1v) is 8.64. The van der Waals surface area contributed by atoms with E-state index in [9.17, 15) is 4.79 Å². The number of carbonyl (C=O) groups is 1. The maximum Gasteiger partial charge on any atom is 0.225 e. The lowest BCUT2D eigenvalue weighted by atomic mass is 9.96. The molecule has 0 bridgehead atoms. The molecule has 1 aromatic rings. The van der Waals surface area contributed by atoms with E-state index in [-0.39, 0.29) is 17.4 Å². The number of carbonyl (C=O) groups excluding carboxylic acids is 1. The normalized spacial score (nSPS) is 19.5. The molecule has 1 aliphatic heterocycles. The second kappa shape index (κ2) is 8.46. The minimum absolute atomic E-state index is 0.132. The predicted molar refractivity (Wildman–Crippen MR) is 93.3 cm³/mol. The van der Waals surface area contributed by atoms with Crippen LogP contribution in [0.2, 0.25) is 0 Å². The summed E-state index contributed by atoms with van der Waals surface area (Å²) in [5, 5.41) is 3.01. The first kappa shape index (κ1) is 18.0. The zero-order chi connectivity index (χ0) is 16.7. The van der Waals surface area contributed by atoms with Crippen molar-refractivity contribution < 1.29 is 9.53 Å². The molecule has 2 rings (SSSR count). The molecule has 1 aliphatic rings. The summed E-state index contributed by atoms with van der Waals surface area (Å²) < 4.78 is 5.89. The number of morpholine rings is 1. The van der Waals surface area contributed by atoms with Gasteiger partial charge >= 0.3 is 0 Å². The molecule has 4 heteroatoms. The highest BCUT2D eigenvalue weighted by Gasteiger charge is 2.22. The van der Waals surface area contributed by atoms with Crippen LogP contribution >= 0.6 is 0 Å². The summed E-state index contributed by atoms with van der Waals surface area (Å²) in [5.41, 5.74) is 0.960. The van der Waals surface area contributed by atoms with E-state index < -0.39 is 0 Å². The molecule has 0 radical (unpaired) electrons. The van der Waals surface area contributed by atoms with Crippen molar-refractivity contribution in [2.24, 2.45) is 5.41 Å². The molecular formula is C19H30N2O2. The zero-order valence-corrected chi connectivity index (χ0v) is 14.7. The number of nitrogens with one attached hydrogen (secondary N) is 1. The molecule has 1 unspecified atom stereocenters. The highest BCUT2D eigenvalue weighted by atomic mass is 16.5. The lowest BCUT2D eigenvalue weighted by Gasteiger charge is -2.33. The highest BCUT2D eigenvalue weighted by Crippen LogP contribution is 2.22. The van der Waals surface area contributed by atoms with Crippen molar-refractivity contribution in [2.75, 3.05) is 32.8 Å². The number of ether oxygens (including phenoxy) is 1. The first-order chi connectivity index (χ1) is 11.0. The van der Waals surface area contributed by atoms with Crippen LogP contribution in [0.4, 0.5) is 0 Å². The van der Waals surface area contributed by atoms with Gasteiger partial charge in [-0.25, -0.2) is 0 Å². The van der Waals surface area contributed by atoms with Gasteiger partial charge in [0.25, 0.3) is 0 Å². The third-order valence-electron chi connectivity index (χ3n) is 4.19. The minimum atomic E-state index is -0.298. The molecule has 1 saturated heterocycles. The fourth-order valence-corrected chi connectivity index (χ4v) is 2.70. The van der Waals surface area contributed by atoms with Crippen LogP contribution in [0.15, 0.2) is 30.3 Å². The van der Waals surface area contributed by atoms with Crippen LogP contribution in [-0.2, 0) is 9.53 Å². The Morgan fingerprint density at radius 2 is 2.00 bits per heavy atom. The van der Waals surface area contributed by atoms with Crippen LogP contribution in [0.1, 0.15) is 45.3 Å². The fourth-order valence-electron chi connectivity index (χ4n) is 2.70. The Labute approximate surface area is 140 Å². The summed E-state index contributed by atoms with van der Waals surface area (Å²) in [7, 11) is 0. The highest BCUT2D eigenvalue weighted by molar-refractivity contribution is 5.81. The summed E-state index contributed by atoms with van der Waals surface area (Å²) in [6.07, 6.45) is 2.31. The van der Waals surface area contributed by atoms with E-state index in [4.69, 9.17) is 4.74 Å². The Hall–Kier alpha value is -1.39. The Kier molecular flexibility index (Phi) is 6.60. The summed E-state index contributed by atoms with van der Waals surface area (Å²) >= 11 is 0. The van der Waals surface area contributed by atoms with Gasteiger partial charge < -0.3 is 10.1 Å². The second-order valence-corrected chi connectivity index (χ2v) is 7.28. The van der Waals surface area contributed by atoms with E-state index in [0.29, 0.717) is 0 Å². The van der Waals surface area contributed by atoms with Crippen molar-refractivity contribution in [3.63, 3.8) is 0 Å². The number of hydrogen-bond acceptors (Lipinski definition) is 3. The van der Waals surface area contributed by atoms with E-state index in [0.717, 1.165) is 45.6 Å². The van der Waals surface area contributed by atoms with Crippen molar-refractivity contribution >= 4 is 5.91 Å². The molecule has 0 saturated carbocycles. The summed E-state index contributed by atoms with van der Waals surface area (Å²) in [4.78, 5) is 14.3.